The van der Waals surface area contributed by atoms with E-state index < -0.39 is 0 Å². The van der Waals surface area contributed by atoms with Gasteiger partial charge in [0.2, 0.25) is 6.73 Å². The molecule has 0 aromatic heterocycles. The largest absolute Gasteiger partial charge is 0.415 e. The van der Waals surface area contributed by atoms with Gasteiger partial charge in [0.25, 0.3) is 5.91 Å². The monoisotopic (exact) mass is 307 g/mol. The Morgan fingerprint density at radius 3 is 2.14 bits per heavy atom. The Balaban J connectivity index is 2.81. The first kappa shape index (κ1) is 18.2. The molecule has 0 bridgehead atoms. The van der Waals surface area contributed by atoms with Crippen LogP contribution in [-0.2, 0) is 14.3 Å². The molecule has 0 aliphatic rings. The lowest BCUT2D eigenvalue weighted by Gasteiger charge is -2.34. The van der Waals surface area contributed by atoms with Gasteiger partial charge in [-0.2, -0.15) is 0 Å². The van der Waals surface area contributed by atoms with Crippen LogP contribution in [0.5, 0.6) is 0 Å². The van der Waals surface area contributed by atoms with Crippen molar-refractivity contribution in [3.8, 4) is 0 Å². The van der Waals surface area contributed by atoms with E-state index in [0.717, 1.165) is 29.9 Å². The van der Waals surface area contributed by atoms with Crippen molar-refractivity contribution in [1.29, 1.82) is 0 Å². The number of quaternary nitrogens is 1. The van der Waals surface area contributed by atoms with Crippen LogP contribution in [0.2, 0.25) is 0 Å². The van der Waals surface area contributed by atoms with E-state index in [-0.39, 0.29) is 25.2 Å². The quantitative estimate of drug-likeness (QED) is 0.478. The second kappa shape index (κ2) is 7.94. The van der Waals surface area contributed by atoms with Crippen molar-refractivity contribution in [1.82, 2.24) is 0 Å². The summed E-state index contributed by atoms with van der Waals surface area (Å²) < 4.78 is 5.57. The van der Waals surface area contributed by atoms with Crippen molar-refractivity contribution in [2.45, 2.75) is 34.6 Å². The number of rotatable bonds is 7. The molecule has 0 saturated carbocycles. The molecule has 22 heavy (non-hydrogen) atoms. The van der Waals surface area contributed by atoms with E-state index in [9.17, 15) is 9.59 Å². The van der Waals surface area contributed by atoms with Crippen LogP contribution in [0.25, 0.3) is 0 Å². The van der Waals surface area contributed by atoms with E-state index in [1.165, 1.54) is 6.92 Å². The van der Waals surface area contributed by atoms with Crippen LogP contribution in [0.15, 0.2) is 18.2 Å². The van der Waals surface area contributed by atoms with Crippen LogP contribution in [0.4, 0.5) is 5.69 Å². The van der Waals surface area contributed by atoms with Crippen LogP contribution in [0, 0.1) is 13.8 Å². The first-order chi connectivity index (χ1) is 10.3. The molecule has 0 spiro atoms. The highest BCUT2D eigenvalue weighted by atomic mass is 16.5. The smallest absolute Gasteiger partial charge is 0.306 e. The molecule has 0 fully saturated rings. The highest BCUT2D eigenvalue weighted by molar-refractivity contribution is 5.93. The van der Waals surface area contributed by atoms with Gasteiger partial charge in [-0.1, -0.05) is 18.2 Å². The summed E-state index contributed by atoms with van der Waals surface area (Å²) in [4.78, 5) is 23.5. The summed E-state index contributed by atoms with van der Waals surface area (Å²) in [6.45, 7) is 11.3. The maximum atomic E-state index is 12.4. The third kappa shape index (κ3) is 4.84. The normalized spacial score (nSPS) is 11.1. The predicted molar refractivity (Wildman–Crippen MR) is 87.4 cm³/mol. The third-order valence-corrected chi connectivity index (χ3v) is 4.11. The molecule has 0 aliphatic heterocycles. The van der Waals surface area contributed by atoms with Crippen molar-refractivity contribution in [2.75, 3.05) is 31.7 Å². The summed E-state index contributed by atoms with van der Waals surface area (Å²) >= 11 is 0. The zero-order valence-electron chi connectivity index (χ0n) is 14.2. The van der Waals surface area contributed by atoms with Crippen LogP contribution in [-0.4, -0.2) is 42.7 Å². The first-order valence-electron chi connectivity index (χ1n) is 7.68. The van der Waals surface area contributed by atoms with Crippen molar-refractivity contribution in [3.63, 3.8) is 0 Å². The lowest BCUT2D eigenvalue weighted by molar-refractivity contribution is -0.933. The third-order valence-electron chi connectivity index (χ3n) is 4.11. The molecule has 1 aromatic carbocycles. The second-order valence-electron chi connectivity index (χ2n) is 5.71. The Morgan fingerprint density at radius 2 is 1.68 bits per heavy atom. The maximum absolute atomic E-state index is 12.4. The van der Waals surface area contributed by atoms with Crippen LogP contribution >= 0.6 is 0 Å². The summed E-state index contributed by atoms with van der Waals surface area (Å²) in [6.07, 6.45) is 0. The molecular formula is C17H27N2O3+. The van der Waals surface area contributed by atoms with Crippen molar-refractivity contribution in [3.05, 3.63) is 29.3 Å². The lowest BCUT2D eigenvalue weighted by atomic mass is 10.1. The molecule has 1 rings (SSSR count). The zero-order valence-corrected chi connectivity index (χ0v) is 14.2. The number of para-hydroxylation sites is 1. The molecule has 5 heteroatoms. The molecule has 1 aromatic rings. The van der Waals surface area contributed by atoms with Gasteiger partial charge < -0.3 is 10.1 Å². The molecule has 0 saturated heterocycles. The minimum absolute atomic E-state index is 0.0618. The highest BCUT2D eigenvalue weighted by Crippen LogP contribution is 2.19. The van der Waals surface area contributed by atoms with Crippen LogP contribution in [0.1, 0.15) is 31.9 Å². The topological polar surface area (TPSA) is 55.4 Å². The fourth-order valence-corrected chi connectivity index (χ4v) is 2.40. The zero-order chi connectivity index (χ0) is 16.8. The van der Waals surface area contributed by atoms with Crippen LogP contribution in [0.3, 0.4) is 0 Å². The number of carbonyl (C=O) groups is 2. The van der Waals surface area contributed by atoms with Gasteiger partial charge in [-0.05, 0) is 38.8 Å². The number of aryl methyl sites for hydroxylation is 2. The number of likely N-dealkylation sites (N-methyl/N-ethyl adjacent to an activating group) is 1. The fraction of sp³-hybridized carbons (Fsp3) is 0.529. The van der Waals surface area contributed by atoms with E-state index in [2.05, 4.69) is 5.32 Å². The summed E-state index contributed by atoms with van der Waals surface area (Å²) in [5, 5.41) is 2.99. The SMILES string of the molecule is CC[N+](CC)(COC(C)=O)CC(=O)Nc1c(C)cccc1C. The van der Waals surface area contributed by atoms with Gasteiger partial charge in [0.05, 0.1) is 13.1 Å². The van der Waals surface area contributed by atoms with Crippen molar-refractivity contribution < 1.29 is 18.8 Å². The van der Waals surface area contributed by atoms with Gasteiger partial charge in [-0.25, -0.2) is 0 Å². The Hall–Kier alpha value is -1.88. The Morgan fingerprint density at radius 1 is 1.14 bits per heavy atom. The average Bonchev–Trinajstić information content (AvgIpc) is 2.47. The molecule has 1 N–H and O–H groups in total. The average molecular weight is 307 g/mol. The number of hydrogen-bond donors (Lipinski definition) is 1. The molecular weight excluding hydrogens is 280 g/mol. The fourth-order valence-electron chi connectivity index (χ4n) is 2.40. The number of carbonyl (C=O) groups excluding carboxylic acids is 2. The van der Waals surface area contributed by atoms with Gasteiger partial charge in [-0.3, -0.25) is 14.1 Å². The number of hydrogen-bond acceptors (Lipinski definition) is 3. The molecule has 0 heterocycles. The minimum Gasteiger partial charge on any atom is -0.415 e. The van der Waals surface area contributed by atoms with Gasteiger partial charge in [-0.15, -0.1) is 0 Å². The summed E-state index contributed by atoms with van der Waals surface area (Å²) in [5.41, 5.74) is 2.95. The molecule has 1 amide bonds. The van der Waals surface area contributed by atoms with Crippen molar-refractivity contribution in [2.24, 2.45) is 0 Å². The summed E-state index contributed by atoms with van der Waals surface area (Å²) in [7, 11) is 0. The number of anilines is 1. The number of amides is 1. The van der Waals surface area contributed by atoms with Gasteiger partial charge >= 0.3 is 5.97 Å². The molecule has 122 valence electrons. The van der Waals surface area contributed by atoms with E-state index >= 15 is 0 Å². The number of nitrogens with one attached hydrogen (secondary N) is 1. The number of benzene rings is 1. The minimum atomic E-state index is -0.320. The first-order valence-corrected chi connectivity index (χ1v) is 7.68. The highest BCUT2D eigenvalue weighted by Gasteiger charge is 2.28. The number of nitrogens with zero attached hydrogens (tertiary/aromatic N) is 1. The van der Waals surface area contributed by atoms with E-state index in [1.54, 1.807) is 0 Å². The summed E-state index contributed by atoms with van der Waals surface area (Å²) in [5.74, 6) is -0.382. The summed E-state index contributed by atoms with van der Waals surface area (Å²) in [6, 6.07) is 5.92. The van der Waals surface area contributed by atoms with E-state index in [0.29, 0.717) is 4.48 Å². The molecule has 5 nitrogen and oxygen atoms in total. The Labute approximate surface area is 132 Å². The van der Waals surface area contributed by atoms with E-state index in [4.69, 9.17) is 4.74 Å². The Kier molecular flexibility index (Phi) is 6.56. The molecule has 0 unspecified atom stereocenters. The standard InChI is InChI=1S/C17H26N2O3/c1-6-19(7-2,12-22-15(5)20)11-16(21)18-17-13(3)9-8-10-14(17)4/h8-10H,6-7,11-12H2,1-5H3/p+1. The van der Waals surface area contributed by atoms with Gasteiger partial charge in [0, 0.05) is 12.6 Å². The number of esters is 1. The van der Waals surface area contributed by atoms with Crippen LogP contribution < -0.4 is 5.32 Å². The predicted octanol–water partition coefficient (Wildman–Crippen LogP) is 2.62. The maximum Gasteiger partial charge on any atom is 0.306 e. The Bertz CT molecular complexity index is 516. The van der Waals surface area contributed by atoms with Gasteiger partial charge in [0.15, 0.2) is 6.54 Å². The lowest BCUT2D eigenvalue weighted by Crippen LogP contribution is -2.53. The molecule has 0 radical (unpaired) electrons. The second-order valence-corrected chi connectivity index (χ2v) is 5.71. The molecule has 0 aliphatic carbocycles. The van der Waals surface area contributed by atoms with Gasteiger partial charge in [0.1, 0.15) is 0 Å². The van der Waals surface area contributed by atoms with Crippen molar-refractivity contribution >= 4 is 17.6 Å². The molecule has 0 atom stereocenters. The number of ether oxygens (including phenoxy) is 1. The van der Waals surface area contributed by atoms with E-state index in [1.807, 2.05) is 45.9 Å².